The average molecular weight is 369 g/mol. The van der Waals surface area contributed by atoms with Crippen molar-refractivity contribution in [3.63, 3.8) is 0 Å². The Kier molecular flexibility index (Phi) is 4.51. The minimum absolute atomic E-state index is 0.0810. The summed E-state index contributed by atoms with van der Waals surface area (Å²) in [5.41, 5.74) is 1.06. The Morgan fingerprint density at radius 1 is 1.07 bits per heavy atom. The molecule has 2 aromatic rings. The summed E-state index contributed by atoms with van der Waals surface area (Å²) in [6, 6.07) is 5.85. The van der Waals surface area contributed by atoms with E-state index in [0.29, 0.717) is 36.2 Å². The van der Waals surface area contributed by atoms with Gasteiger partial charge in [0.15, 0.2) is 5.78 Å². The molecule has 27 heavy (non-hydrogen) atoms. The molecule has 7 heteroatoms. The molecule has 1 saturated heterocycles. The number of amides is 1. The molecule has 1 aliphatic carbocycles. The van der Waals surface area contributed by atoms with Gasteiger partial charge in [-0.15, -0.1) is 0 Å². The number of pyridine rings is 1. The van der Waals surface area contributed by atoms with Gasteiger partial charge in [-0.25, -0.2) is 4.39 Å². The molecular weight excluding hydrogens is 349 g/mol. The predicted molar refractivity (Wildman–Crippen MR) is 100 cm³/mol. The fourth-order valence-corrected chi connectivity index (χ4v) is 3.74. The number of aromatic nitrogens is 1. The first-order valence-electron chi connectivity index (χ1n) is 9.18. The van der Waals surface area contributed by atoms with E-state index in [1.54, 1.807) is 12.1 Å². The van der Waals surface area contributed by atoms with Gasteiger partial charge in [0.1, 0.15) is 11.4 Å². The Morgan fingerprint density at radius 2 is 1.85 bits per heavy atom. The topological polar surface area (TPSA) is 82.3 Å². The van der Waals surface area contributed by atoms with Gasteiger partial charge < -0.3 is 15.2 Å². The SMILES string of the molecule is O=C1CCCc2[nH]c(=O)c(C(=O)Nc3ccc(N4CCCC4)c(F)c3)cc21. The zero-order valence-electron chi connectivity index (χ0n) is 14.8. The largest absolute Gasteiger partial charge is 0.369 e. The number of benzene rings is 1. The van der Waals surface area contributed by atoms with Crippen molar-refractivity contribution in [2.45, 2.75) is 32.1 Å². The number of nitrogens with one attached hydrogen (secondary N) is 2. The molecule has 0 atom stereocenters. The second kappa shape index (κ2) is 6.98. The first kappa shape index (κ1) is 17.5. The van der Waals surface area contributed by atoms with Crippen molar-refractivity contribution in [1.82, 2.24) is 4.98 Å². The number of halogens is 1. The first-order chi connectivity index (χ1) is 13.0. The van der Waals surface area contributed by atoms with E-state index in [-0.39, 0.29) is 17.0 Å². The smallest absolute Gasteiger partial charge is 0.261 e. The van der Waals surface area contributed by atoms with Crippen LogP contribution in [-0.4, -0.2) is 29.8 Å². The number of carbonyl (C=O) groups excluding carboxylic acids is 2. The lowest BCUT2D eigenvalue weighted by Gasteiger charge is -2.19. The Morgan fingerprint density at radius 3 is 2.59 bits per heavy atom. The third kappa shape index (κ3) is 3.37. The molecule has 0 radical (unpaired) electrons. The van der Waals surface area contributed by atoms with Gasteiger partial charge in [-0.2, -0.15) is 0 Å². The van der Waals surface area contributed by atoms with Gasteiger partial charge in [-0.1, -0.05) is 0 Å². The summed E-state index contributed by atoms with van der Waals surface area (Å²) < 4.78 is 14.4. The van der Waals surface area contributed by atoms with E-state index in [1.165, 1.54) is 12.1 Å². The van der Waals surface area contributed by atoms with Crippen LogP contribution in [0, 0.1) is 5.82 Å². The minimum atomic E-state index is -0.661. The number of rotatable bonds is 3. The molecular formula is C20H20FN3O3. The van der Waals surface area contributed by atoms with Crippen molar-refractivity contribution in [3.8, 4) is 0 Å². The lowest BCUT2D eigenvalue weighted by atomic mass is 9.93. The quantitative estimate of drug-likeness (QED) is 0.872. The van der Waals surface area contributed by atoms with Crippen LogP contribution in [0.25, 0.3) is 0 Å². The van der Waals surface area contributed by atoms with Crippen LogP contribution in [-0.2, 0) is 6.42 Å². The molecule has 2 heterocycles. The normalized spacial score (nSPS) is 16.3. The molecule has 1 aromatic carbocycles. The van der Waals surface area contributed by atoms with Crippen LogP contribution in [0.5, 0.6) is 0 Å². The van der Waals surface area contributed by atoms with Crippen molar-refractivity contribution < 1.29 is 14.0 Å². The lowest BCUT2D eigenvalue weighted by Crippen LogP contribution is -2.27. The fourth-order valence-electron chi connectivity index (χ4n) is 3.74. The molecule has 6 nitrogen and oxygen atoms in total. The number of hydrogen-bond acceptors (Lipinski definition) is 4. The number of aromatic amines is 1. The summed E-state index contributed by atoms with van der Waals surface area (Å²) >= 11 is 0. The Labute approximate surface area is 155 Å². The molecule has 2 N–H and O–H groups in total. The van der Waals surface area contributed by atoms with Crippen LogP contribution >= 0.6 is 0 Å². The molecule has 0 bridgehead atoms. The van der Waals surface area contributed by atoms with Crippen molar-refractivity contribution in [1.29, 1.82) is 0 Å². The minimum Gasteiger partial charge on any atom is -0.369 e. The summed E-state index contributed by atoms with van der Waals surface area (Å²) in [7, 11) is 0. The third-order valence-corrected chi connectivity index (χ3v) is 5.15. The van der Waals surface area contributed by atoms with Crippen molar-refractivity contribution in [2.75, 3.05) is 23.3 Å². The molecule has 1 amide bonds. The van der Waals surface area contributed by atoms with Crippen LogP contribution in [0.15, 0.2) is 29.1 Å². The predicted octanol–water partition coefficient (Wildman–Crippen LogP) is 2.89. The number of anilines is 2. The highest BCUT2D eigenvalue weighted by molar-refractivity contribution is 6.06. The fraction of sp³-hybridized carbons (Fsp3) is 0.350. The summed E-state index contributed by atoms with van der Waals surface area (Å²) in [5.74, 6) is -1.16. The number of aryl methyl sites for hydroxylation is 1. The molecule has 1 fully saturated rings. The number of fused-ring (bicyclic) bond motifs is 1. The highest BCUT2D eigenvalue weighted by atomic mass is 19.1. The number of carbonyl (C=O) groups is 2. The van der Waals surface area contributed by atoms with Gasteiger partial charge in [0, 0.05) is 36.5 Å². The van der Waals surface area contributed by atoms with Gasteiger partial charge >= 0.3 is 0 Å². The summed E-state index contributed by atoms with van der Waals surface area (Å²) in [5, 5.41) is 2.55. The summed E-state index contributed by atoms with van der Waals surface area (Å²) in [6.07, 6.45) is 3.79. The zero-order chi connectivity index (χ0) is 19.0. The van der Waals surface area contributed by atoms with Gasteiger partial charge in [0.05, 0.1) is 5.69 Å². The molecule has 0 saturated carbocycles. The number of ketones is 1. The summed E-state index contributed by atoms with van der Waals surface area (Å²) in [4.78, 5) is 41.4. The van der Waals surface area contributed by atoms with Crippen molar-refractivity contribution in [3.05, 3.63) is 57.3 Å². The molecule has 1 aromatic heterocycles. The first-order valence-corrected chi connectivity index (χ1v) is 9.18. The van der Waals surface area contributed by atoms with E-state index >= 15 is 0 Å². The number of Topliss-reactive ketones (excluding diaryl/α,β-unsaturated/α-hetero) is 1. The highest BCUT2D eigenvalue weighted by Gasteiger charge is 2.22. The van der Waals surface area contributed by atoms with E-state index in [9.17, 15) is 18.8 Å². The summed E-state index contributed by atoms with van der Waals surface area (Å²) in [6.45, 7) is 1.64. The van der Waals surface area contributed by atoms with Gasteiger partial charge in [-0.3, -0.25) is 14.4 Å². The molecule has 2 aliphatic rings. The van der Waals surface area contributed by atoms with Crippen LogP contribution in [0.4, 0.5) is 15.8 Å². The third-order valence-electron chi connectivity index (χ3n) is 5.15. The molecule has 1 aliphatic heterocycles. The lowest BCUT2D eigenvalue weighted by molar-refractivity contribution is 0.0971. The van der Waals surface area contributed by atoms with E-state index in [4.69, 9.17) is 0 Å². The van der Waals surface area contributed by atoms with Crippen molar-refractivity contribution >= 4 is 23.1 Å². The van der Waals surface area contributed by atoms with E-state index < -0.39 is 17.3 Å². The maximum absolute atomic E-state index is 14.4. The van der Waals surface area contributed by atoms with Gasteiger partial charge in [0.2, 0.25) is 0 Å². The molecule has 4 rings (SSSR count). The van der Waals surface area contributed by atoms with Crippen LogP contribution in [0.2, 0.25) is 0 Å². The standard InChI is InChI=1S/C20H20FN3O3/c21-15-10-12(6-7-17(15)24-8-1-2-9-24)22-19(26)14-11-13-16(23-20(14)27)4-3-5-18(13)25/h6-7,10-11H,1-5,8-9H2,(H,22,26)(H,23,27). The van der Waals surface area contributed by atoms with E-state index in [0.717, 1.165) is 25.9 Å². The second-order valence-electron chi connectivity index (χ2n) is 7.00. The monoisotopic (exact) mass is 369 g/mol. The van der Waals surface area contributed by atoms with Crippen LogP contribution in [0.3, 0.4) is 0 Å². The Hall–Kier alpha value is -2.96. The van der Waals surface area contributed by atoms with E-state index in [1.807, 2.05) is 4.90 Å². The van der Waals surface area contributed by atoms with Gasteiger partial charge in [0.25, 0.3) is 11.5 Å². The number of hydrogen-bond donors (Lipinski definition) is 2. The maximum atomic E-state index is 14.4. The number of nitrogens with zero attached hydrogens (tertiary/aromatic N) is 1. The Bertz CT molecular complexity index is 977. The van der Waals surface area contributed by atoms with Crippen LogP contribution in [0.1, 0.15) is 52.1 Å². The zero-order valence-corrected chi connectivity index (χ0v) is 14.8. The van der Waals surface area contributed by atoms with Gasteiger partial charge in [-0.05, 0) is 49.9 Å². The number of H-pyrrole nitrogens is 1. The average Bonchev–Trinajstić information content (AvgIpc) is 3.16. The molecule has 0 spiro atoms. The Balaban J connectivity index is 1.57. The highest BCUT2D eigenvalue weighted by Crippen LogP contribution is 2.26. The van der Waals surface area contributed by atoms with Crippen molar-refractivity contribution in [2.24, 2.45) is 0 Å². The second-order valence-corrected chi connectivity index (χ2v) is 7.00. The van der Waals surface area contributed by atoms with Crippen LogP contribution < -0.4 is 15.8 Å². The molecule has 0 unspecified atom stereocenters. The van der Waals surface area contributed by atoms with E-state index in [2.05, 4.69) is 10.3 Å². The maximum Gasteiger partial charge on any atom is 0.261 e. The molecule has 140 valence electrons.